The van der Waals surface area contributed by atoms with Crippen molar-refractivity contribution in [3.8, 4) is 0 Å². The lowest BCUT2D eigenvalue weighted by Crippen LogP contribution is -2.30. The molecule has 0 aliphatic rings. The van der Waals surface area contributed by atoms with E-state index in [9.17, 15) is 40.3 Å². The molecular weight excluding hydrogens is 313 g/mol. The van der Waals surface area contributed by atoms with Crippen LogP contribution in [0.5, 0.6) is 0 Å². The highest BCUT2D eigenvalue weighted by atomic mass is 19.4. The summed E-state index contributed by atoms with van der Waals surface area (Å²) >= 11 is 0. The number of aromatic nitrogens is 2. The van der Waals surface area contributed by atoms with E-state index in [1.807, 2.05) is 0 Å². The van der Waals surface area contributed by atoms with Crippen LogP contribution < -0.4 is 11.1 Å². The van der Waals surface area contributed by atoms with Crippen molar-refractivity contribution in [3.63, 3.8) is 0 Å². The monoisotopic (exact) mass is 316 g/mol. The Morgan fingerprint density at radius 1 is 0.857 bits per heavy atom. The normalized spacial score (nSPS) is 12.9. The Hall–Kier alpha value is -2.33. The van der Waals surface area contributed by atoms with Gasteiger partial charge in [0, 0.05) is 0 Å². The zero-order valence-electron chi connectivity index (χ0n) is 9.54. The number of rotatable bonds is 0. The Kier molecular flexibility index (Phi) is 3.11. The summed E-state index contributed by atoms with van der Waals surface area (Å²) in [6.45, 7) is 0. The summed E-state index contributed by atoms with van der Waals surface area (Å²) in [6.07, 6.45) is -10.9. The van der Waals surface area contributed by atoms with Crippen molar-refractivity contribution >= 4 is 11.0 Å². The van der Waals surface area contributed by atoms with Gasteiger partial charge in [-0.3, -0.25) is 9.59 Å². The second-order valence-corrected chi connectivity index (χ2v) is 3.94. The van der Waals surface area contributed by atoms with Crippen molar-refractivity contribution in [2.24, 2.45) is 0 Å². The quantitative estimate of drug-likeness (QED) is 0.579. The minimum absolute atomic E-state index is 0.0166. The van der Waals surface area contributed by atoms with Gasteiger partial charge in [0.15, 0.2) is 0 Å². The number of benzene rings is 1. The Balaban J connectivity index is 3.08. The molecule has 2 rings (SSSR count). The smallest absolute Gasteiger partial charge is 0.316 e. The zero-order valence-corrected chi connectivity index (χ0v) is 9.54. The van der Waals surface area contributed by atoms with Crippen molar-refractivity contribution in [1.82, 2.24) is 9.97 Å². The van der Waals surface area contributed by atoms with Gasteiger partial charge in [0.05, 0.1) is 16.6 Å². The molecule has 1 heterocycles. The highest BCUT2D eigenvalue weighted by Crippen LogP contribution is 2.41. The Morgan fingerprint density at radius 2 is 1.38 bits per heavy atom. The molecule has 1 aromatic heterocycles. The van der Waals surface area contributed by atoms with E-state index < -0.39 is 51.4 Å². The van der Waals surface area contributed by atoms with Gasteiger partial charge < -0.3 is 9.97 Å². The first kappa shape index (κ1) is 15.1. The fourth-order valence-electron chi connectivity index (χ4n) is 1.71. The second kappa shape index (κ2) is 4.33. The molecule has 0 saturated heterocycles. The summed E-state index contributed by atoms with van der Waals surface area (Å²) in [6, 6.07) is -0.0166. The number of nitrogens with one attached hydrogen (secondary N) is 2. The predicted molar refractivity (Wildman–Crippen MR) is 55.2 cm³/mol. The zero-order chi connectivity index (χ0) is 16.2. The molecule has 0 saturated carbocycles. The van der Waals surface area contributed by atoms with Gasteiger partial charge in [-0.2, -0.15) is 26.3 Å². The number of hydrogen-bond acceptors (Lipinski definition) is 2. The number of fused-ring (bicyclic) bond motifs is 1. The van der Waals surface area contributed by atoms with Crippen LogP contribution in [0.2, 0.25) is 0 Å². The van der Waals surface area contributed by atoms with Crippen molar-refractivity contribution in [3.05, 3.63) is 43.7 Å². The predicted octanol–water partition coefficient (Wildman–Crippen LogP) is 2.39. The summed E-state index contributed by atoms with van der Waals surface area (Å²) in [4.78, 5) is 24.9. The second-order valence-electron chi connectivity index (χ2n) is 3.94. The third kappa shape index (κ3) is 2.50. The van der Waals surface area contributed by atoms with E-state index in [2.05, 4.69) is 0 Å². The summed E-state index contributed by atoms with van der Waals surface area (Å²) in [5, 5.41) is 0. The van der Waals surface area contributed by atoms with Crippen LogP contribution >= 0.6 is 0 Å². The first-order chi connectivity index (χ1) is 9.43. The molecule has 2 N–H and O–H groups in total. The lowest BCUT2D eigenvalue weighted by Gasteiger charge is -2.15. The van der Waals surface area contributed by atoms with Crippen LogP contribution in [0.1, 0.15) is 11.1 Å². The average Bonchev–Trinajstić information content (AvgIpc) is 2.27. The molecule has 4 nitrogen and oxygen atoms in total. The number of H-pyrrole nitrogens is 2. The molecule has 21 heavy (non-hydrogen) atoms. The Bertz CT molecular complexity index is 829. The Labute approximate surface area is 109 Å². The lowest BCUT2D eigenvalue weighted by atomic mass is 10.1. The molecule has 0 spiro atoms. The SMILES string of the molecule is O=c1[nH]c2cc(C(F)(F)F)c(F)c(C(F)(F)F)c2[nH]c1=O. The van der Waals surface area contributed by atoms with Crippen LogP contribution in [0.3, 0.4) is 0 Å². The minimum Gasteiger partial charge on any atom is -0.316 e. The molecule has 0 amide bonds. The Morgan fingerprint density at radius 3 is 1.86 bits per heavy atom. The van der Waals surface area contributed by atoms with Gasteiger partial charge in [0.2, 0.25) is 0 Å². The van der Waals surface area contributed by atoms with E-state index in [4.69, 9.17) is 0 Å². The van der Waals surface area contributed by atoms with Gasteiger partial charge in [0.25, 0.3) is 0 Å². The molecule has 2 aromatic rings. The maximum Gasteiger partial charge on any atom is 0.421 e. The molecular formula is C10H3F7N2O2. The van der Waals surface area contributed by atoms with Crippen LogP contribution in [0.25, 0.3) is 11.0 Å². The first-order valence-corrected chi connectivity index (χ1v) is 5.06. The van der Waals surface area contributed by atoms with E-state index in [0.717, 1.165) is 0 Å². The number of hydrogen-bond donors (Lipinski definition) is 2. The molecule has 0 fully saturated rings. The summed E-state index contributed by atoms with van der Waals surface area (Å²) in [5.41, 5.74) is -9.77. The summed E-state index contributed by atoms with van der Waals surface area (Å²) in [7, 11) is 0. The highest BCUT2D eigenvalue weighted by molar-refractivity contribution is 5.79. The topological polar surface area (TPSA) is 65.7 Å². The number of halogens is 7. The minimum atomic E-state index is -5.51. The van der Waals surface area contributed by atoms with Gasteiger partial charge in [-0.1, -0.05) is 0 Å². The van der Waals surface area contributed by atoms with Gasteiger partial charge in [-0.25, -0.2) is 4.39 Å². The number of aromatic amines is 2. The molecule has 0 radical (unpaired) electrons. The van der Waals surface area contributed by atoms with Crippen LogP contribution in [0.15, 0.2) is 15.7 Å². The highest BCUT2D eigenvalue weighted by Gasteiger charge is 2.43. The lowest BCUT2D eigenvalue weighted by molar-refractivity contribution is -0.146. The molecule has 0 unspecified atom stereocenters. The van der Waals surface area contributed by atoms with Gasteiger partial charge in [0.1, 0.15) is 11.4 Å². The van der Waals surface area contributed by atoms with Crippen molar-refractivity contribution in [1.29, 1.82) is 0 Å². The van der Waals surface area contributed by atoms with Crippen LogP contribution in [0.4, 0.5) is 30.7 Å². The molecule has 114 valence electrons. The fourth-order valence-corrected chi connectivity index (χ4v) is 1.71. The maximum absolute atomic E-state index is 13.6. The summed E-state index contributed by atoms with van der Waals surface area (Å²) < 4.78 is 89.5. The van der Waals surface area contributed by atoms with Gasteiger partial charge >= 0.3 is 23.5 Å². The average molecular weight is 316 g/mol. The fraction of sp³-hybridized carbons (Fsp3) is 0.200. The largest absolute Gasteiger partial charge is 0.421 e. The van der Waals surface area contributed by atoms with Gasteiger partial charge in [-0.15, -0.1) is 0 Å². The van der Waals surface area contributed by atoms with Crippen LogP contribution in [-0.2, 0) is 12.4 Å². The summed E-state index contributed by atoms with van der Waals surface area (Å²) in [5.74, 6) is -2.58. The van der Waals surface area contributed by atoms with E-state index >= 15 is 0 Å². The molecule has 0 aliphatic heterocycles. The standard InChI is InChI=1S/C10H3F7N2O2/c11-5-2(9(12,13)14)1-3-6(4(5)10(15,16)17)19-8(21)7(20)18-3/h1H,(H,18,20)(H,19,21). The van der Waals surface area contributed by atoms with Crippen LogP contribution in [-0.4, -0.2) is 9.97 Å². The first-order valence-electron chi connectivity index (χ1n) is 5.06. The number of alkyl halides is 6. The van der Waals surface area contributed by atoms with Crippen molar-refractivity contribution < 1.29 is 30.7 Å². The molecule has 0 aliphatic carbocycles. The molecule has 0 bridgehead atoms. The van der Waals surface area contributed by atoms with E-state index in [-0.39, 0.29) is 6.07 Å². The van der Waals surface area contributed by atoms with E-state index in [1.54, 1.807) is 4.98 Å². The van der Waals surface area contributed by atoms with E-state index in [0.29, 0.717) is 0 Å². The van der Waals surface area contributed by atoms with Crippen molar-refractivity contribution in [2.45, 2.75) is 12.4 Å². The van der Waals surface area contributed by atoms with E-state index in [1.165, 1.54) is 4.98 Å². The molecule has 1 aromatic carbocycles. The third-order valence-electron chi connectivity index (χ3n) is 2.55. The molecule has 11 heteroatoms. The molecule has 0 atom stereocenters. The third-order valence-corrected chi connectivity index (χ3v) is 2.55. The van der Waals surface area contributed by atoms with Crippen LogP contribution in [0, 0.1) is 5.82 Å². The maximum atomic E-state index is 13.6. The van der Waals surface area contributed by atoms with Crippen molar-refractivity contribution in [2.75, 3.05) is 0 Å². The van der Waals surface area contributed by atoms with Gasteiger partial charge in [-0.05, 0) is 6.07 Å².